The Morgan fingerprint density at radius 2 is 1.68 bits per heavy atom. The quantitative estimate of drug-likeness (QED) is 0.155. The number of aromatic nitrogens is 2. The molecule has 0 N–H and O–H groups in total. The number of hydrogen-bond donors (Lipinski definition) is 0. The third kappa shape index (κ3) is 6.43. The molecule has 5 rings (SSSR count). The van der Waals surface area contributed by atoms with Gasteiger partial charge in [-0.15, -0.1) is 0 Å². The maximum absolute atomic E-state index is 13.8. The van der Waals surface area contributed by atoms with Crippen LogP contribution in [0.25, 0.3) is 22.3 Å². The fourth-order valence-corrected chi connectivity index (χ4v) is 5.07. The Labute approximate surface area is 248 Å². The number of halogens is 6. The molecule has 12 heteroatoms. The van der Waals surface area contributed by atoms with Crippen molar-refractivity contribution in [3.8, 4) is 28.1 Å². The van der Waals surface area contributed by atoms with Gasteiger partial charge in [0.1, 0.15) is 5.69 Å². The van der Waals surface area contributed by atoms with Crippen LogP contribution in [0, 0.1) is 6.92 Å². The van der Waals surface area contributed by atoms with Crippen molar-refractivity contribution in [2.45, 2.75) is 45.1 Å². The first-order valence-electron chi connectivity index (χ1n) is 13.4. The van der Waals surface area contributed by atoms with E-state index in [9.17, 15) is 31.1 Å². The van der Waals surface area contributed by atoms with Crippen LogP contribution in [0.3, 0.4) is 0 Å². The van der Waals surface area contributed by atoms with Gasteiger partial charge in [-0.1, -0.05) is 23.4 Å². The fourth-order valence-electron chi connectivity index (χ4n) is 5.07. The number of alkyl halides is 6. The molecule has 4 aromatic rings. The minimum Gasteiger partial charge on any atom is -0.481 e. The number of ketones is 1. The van der Waals surface area contributed by atoms with Gasteiger partial charge in [0.25, 0.3) is 0 Å². The van der Waals surface area contributed by atoms with E-state index in [1.54, 1.807) is 30.5 Å². The predicted octanol–water partition coefficient (Wildman–Crippen LogP) is 8.43. The molecule has 0 radical (unpaired) electrons. The zero-order valence-electron chi connectivity index (χ0n) is 23.7. The summed E-state index contributed by atoms with van der Waals surface area (Å²) in [7, 11) is 1.39. The standard InChI is InChI=1S/C32H25F6N3O3/c1-17-10-19(18(2)42)4-6-25(17)22-13-27(30(43-3)40-16-22)26-7-5-23(31(33,34)35)11-21(26)12-24-15-28(44-41-24)20-8-9-39-29(14-20)32(36,37)38/h4-11,13-14,16,28H,12,15H2,1-3H3/t28-/m0/s1. The summed E-state index contributed by atoms with van der Waals surface area (Å²) in [6.07, 6.45) is -7.56. The van der Waals surface area contributed by atoms with E-state index >= 15 is 0 Å². The van der Waals surface area contributed by atoms with E-state index in [1.165, 1.54) is 26.2 Å². The molecule has 0 fully saturated rings. The van der Waals surface area contributed by atoms with Crippen molar-refractivity contribution >= 4 is 11.5 Å². The Bertz CT molecular complexity index is 1770. The lowest BCUT2D eigenvalue weighted by Crippen LogP contribution is -2.11. The van der Waals surface area contributed by atoms with Gasteiger partial charge in [0.2, 0.25) is 5.88 Å². The zero-order valence-corrected chi connectivity index (χ0v) is 23.7. The number of pyridine rings is 2. The first kappa shape index (κ1) is 30.7. The molecule has 0 unspecified atom stereocenters. The highest BCUT2D eigenvalue weighted by Gasteiger charge is 2.35. The van der Waals surface area contributed by atoms with Crippen LogP contribution in [0.2, 0.25) is 0 Å². The van der Waals surface area contributed by atoms with Gasteiger partial charge in [0.05, 0.1) is 18.4 Å². The number of hydrogen-bond acceptors (Lipinski definition) is 6. The molecule has 0 bridgehead atoms. The molecule has 0 amide bonds. The summed E-state index contributed by atoms with van der Waals surface area (Å²) in [4.78, 5) is 25.0. The molecule has 2 aromatic heterocycles. The number of ether oxygens (including phenoxy) is 1. The number of benzene rings is 2. The Morgan fingerprint density at radius 1 is 0.932 bits per heavy atom. The smallest absolute Gasteiger partial charge is 0.433 e. The molecular formula is C32H25F6N3O3. The van der Waals surface area contributed by atoms with Crippen LogP contribution in [-0.4, -0.2) is 28.6 Å². The minimum atomic E-state index is -4.65. The van der Waals surface area contributed by atoms with Crippen molar-refractivity contribution in [3.05, 3.63) is 101 Å². The lowest BCUT2D eigenvalue weighted by molar-refractivity contribution is -0.141. The van der Waals surface area contributed by atoms with Crippen LogP contribution in [0.5, 0.6) is 5.88 Å². The monoisotopic (exact) mass is 613 g/mol. The molecule has 0 spiro atoms. The van der Waals surface area contributed by atoms with Gasteiger partial charge in [0, 0.05) is 41.9 Å². The number of rotatable bonds is 7. The van der Waals surface area contributed by atoms with Crippen molar-refractivity contribution in [2.75, 3.05) is 7.11 Å². The van der Waals surface area contributed by atoms with E-state index in [0.29, 0.717) is 28.0 Å². The Hall–Kier alpha value is -4.74. The highest BCUT2D eigenvalue weighted by molar-refractivity contribution is 5.95. The summed E-state index contributed by atoms with van der Waals surface area (Å²) in [6, 6.07) is 12.5. The number of carbonyl (C=O) groups is 1. The van der Waals surface area contributed by atoms with Crippen LogP contribution in [0.4, 0.5) is 26.3 Å². The summed E-state index contributed by atoms with van der Waals surface area (Å²) in [5.41, 5.74) is 2.40. The van der Waals surface area contributed by atoms with E-state index in [0.717, 1.165) is 35.5 Å². The second-order valence-corrected chi connectivity index (χ2v) is 10.3. The topological polar surface area (TPSA) is 73.7 Å². The van der Waals surface area contributed by atoms with Gasteiger partial charge in [-0.3, -0.25) is 9.78 Å². The SMILES string of the molecule is COc1ncc(-c2ccc(C(C)=O)cc2C)cc1-c1ccc(C(F)(F)F)cc1CC1=NO[C@H](c2ccnc(C(F)(F)F)c2)C1. The third-order valence-electron chi connectivity index (χ3n) is 7.28. The molecule has 3 heterocycles. The van der Waals surface area contributed by atoms with E-state index in [-0.39, 0.29) is 35.6 Å². The van der Waals surface area contributed by atoms with Gasteiger partial charge >= 0.3 is 12.4 Å². The first-order chi connectivity index (χ1) is 20.7. The highest BCUT2D eigenvalue weighted by Crippen LogP contribution is 2.40. The zero-order chi connectivity index (χ0) is 31.8. The molecule has 1 aliphatic rings. The highest BCUT2D eigenvalue weighted by atomic mass is 19.4. The molecule has 2 aromatic carbocycles. The molecule has 0 aliphatic carbocycles. The molecule has 6 nitrogen and oxygen atoms in total. The summed E-state index contributed by atoms with van der Waals surface area (Å²) in [5.74, 6) is 0.0834. The fraction of sp³-hybridized carbons (Fsp3) is 0.250. The van der Waals surface area contributed by atoms with Gasteiger partial charge < -0.3 is 9.57 Å². The number of carbonyl (C=O) groups excluding carboxylic acids is 1. The third-order valence-corrected chi connectivity index (χ3v) is 7.28. The second-order valence-electron chi connectivity index (χ2n) is 10.3. The van der Waals surface area contributed by atoms with Crippen LogP contribution in [-0.2, 0) is 23.6 Å². The number of methoxy groups -OCH3 is 1. The van der Waals surface area contributed by atoms with E-state index in [4.69, 9.17) is 9.57 Å². The maximum atomic E-state index is 13.8. The van der Waals surface area contributed by atoms with Gasteiger partial charge in [-0.2, -0.15) is 26.3 Å². The normalized spacial score (nSPS) is 15.1. The summed E-state index contributed by atoms with van der Waals surface area (Å²) in [5, 5.41) is 4.01. The average molecular weight is 614 g/mol. The number of Topliss-reactive ketones (excluding diaryl/α,β-unsaturated/α-hetero) is 1. The second kappa shape index (κ2) is 11.7. The van der Waals surface area contributed by atoms with E-state index in [2.05, 4.69) is 15.1 Å². The molecule has 1 atom stereocenters. The summed E-state index contributed by atoms with van der Waals surface area (Å²) < 4.78 is 86.4. The Morgan fingerprint density at radius 3 is 2.34 bits per heavy atom. The average Bonchev–Trinajstić information content (AvgIpc) is 3.44. The maximum Gasteiger partial charge on any atom is 0.433 e. The van der Waals surface area contributed by atoms with Crippen LogP contribution >= 0.6 is 0 Å². The molecule has 0 saturated heterocycles. The summed E-state index contributed by atoms with van der Waals surface area (Å²) >= 11 is 0. The predicted molar refractivity (Wildman–Crippen MR) is 150 cm³/mol. The molecular weight excluding hydrogens is 588 g/mol. The van der Waals surface area contributed by atoms with Crippen molar-refractivity contribution < 1.29 is 40.7 Å². The lowest BCUT2D eigenvalue weighted by atomic mass is 9.91. The van der Waals surface area contributed by atoms with Crippen LogP contribution in [0.15, 0.2) is 72.1 Å². The number of aryl methyl sites for hydroxylation is 1. The van der Waals surface area contributed by atoms with Crippen molar-refractivity contribution in [1.82, 2.24) is 9.97 Å². The Kier molecular flexibility index (Phi) is 8.19. The molecule has 1 aliphatic heterocycles. The first-order valence-corrected chi connectivity index (χ1v) is 13.4. The minimum absolute atomic E-state index is 0.0636. The van der Waals surface area contributed by atoms with Crippen molar-refractivity contribution in [1.29, 1.82) is 0 Å². The molecule has 44 heavy (non-hydrogen) atoms. The molecule has 0 saturated carbocycles. The Balaban J connectivity index is 1.52. The van der Waals surface area contributed by atoms with Gasteiger partial charge in [-0.25, -0.2) is 4.98 Å². The van der Waals surface area contributed by atoms with Gasteiger partial charge in [-0.05, 0) is 78.1 Å². The van der Waals surface area contributed by atoms with Gasteiger partial charge in [0.15, 0.2) is 11.9 Å². The van der Waals surface area contributed by atoms with Crippen molar-refractivity contribution in [3.63, 3.8) is 0 Å². The van der Waals surface area contributed by atoms with Crippen LogP contribution < -0.4 is 4.74 Å². The lowest BCUT2D eigenvalue weighted by Gasteiger charge is -2.17. The number of oxime groups is 1. The van der Waals surface area contributed by atoms with Crippen LogP contribution in [0.1, 0.15) is 57.8 Å². The van der Waals surface area contributed by atoms with Crippen molar-refractivity contribution in [2.24, 2.45) is 5.16 Å². The summed E-state index contributed by atoms with van der Waals surface area (Å²) in [6.45, 7) is 3.30. The van der Waals surface area contributed by atoms with E-state index < -0.39 is 29.7 Å². The molecule has 228 valence electrons. The number of nitrogens with zero attached hydrogens (tertiary/aromatic N) is 3. The van der Waals surface area contributed by atoms with E-state index in [1.807, 2.05) is 6.92 Å². The largest absolute Gasteiger partial charge is 0.481 e.